The van der Waals surface area contributed by atoms with Crippen LogP contribution >= 0.6 is 0 Å². The number of benzene rings is 1. The molecule has 210 valence electrons. The summed E-state index contributed by atoms with van der Waals surface area (Å²) < 4.78 is 5.51. The third kappa shape index (κ3) is 5.63. The predicted molar refractivity (Wildman–Crippen MR) is 142 cm³/mol. The first-order valence-electron chi connectivity index (χ1n) is 13.8. The van der Waals surface area contributed by atoms with Crippen LogP contribution in [0.25, 0.3) is 0 Å². The molecular formula is C28H37N5O6. The predicted octanol–water partition coefficient (Wildman–Crippen LogP) is 2.36. The van der Waals surface area contributed by atoms with Gasteiger partial charge in [0, 0.05) is 50.4 Å². The summed E-state index contributed by atoms with van der Waals surface area (Å²) in [4.78, 5) is 68.1. The Morgan fingerprint density at radius 1 is 0.949 bits per heavy atom. The molecule has 1 aromatic carbocycles. The first-order valence-corrected chi connectivity index (χ1v) is 13.8. The van der Waals surface area contributed by atoms with E-state index in [0.717, 1.165) is 43.7 Å². The second-order valence-electron chi connectivity index (χ2n) is 11.8. The summed E-state index contributed by atoms with van der Waals surface area (Å²) in [6.07, 6.45) is 3.57. The van der Waals surface area contributed by atoms with Crippen LogP contribution in [0.5, 0.6) is 0 Å². The molecule has 0 aliphatic carbocycles. The van der Waals surface area contributed by atoms with Crippen molar-refractivity contribution in [3.05, 3.63) is 29.3 Å². The summed E-state index contributed by atoms with van der Waals surface area (Å²) in [7, 11) is 0. The van der Waals surface area contributed by atoms with Crippen LogP contribution in [0.4, 0.5) is 10.5 Å². The van der Waals surface area contributed by atoms with Gasteiger partial charge in [-0.25, -0.2) is 4.79 Å². The quantitative estimate of drug-likeness (QED) is 0.558. The van der Waals surface area contributed by atoms with Crippen LogP contribution in [0.3, 0.4) is 0 Å². The average Bonchev–Trinajstić information content (AvgIpc) is 3.14. The molecule has 0 aromatic heterocycles. The summed E-state index contributed by atoms with van der Waals surface area (Å²) in [6.45, 7) is 8.81. The van der Waals surface area contributed by atoms with Gasteiger partial charge in [-0.2, -0.15) is 0 Å². The molecule has 0 spiro atoms. The Hall–Kier alpha value is -3.47. The summed E-state index contributed by atoms with van der Waals surface area (Å²) in [5, 5.41) is 5.72. The number of likely N-dealkylation sites (tertiary alicyclic amines) is 2. The van der Waals surface area contributed by atoms with Gasteiger partial charge >= 0.3 is 6.09 Å². The molecule has 39 heavy (non-hydrogen) atoms. The molecule has 3 fully saturated rings. The molecule has 1 atom stereocenters. The largest absolute Gasteiger partial charge is 0.444 e. The first-order chi connectivity index (χ1) is 18.5. The van der Waals surface area contributed by atoms with Crippen molar-refractivity contribution in [3.8, 4) is 0 Å². The zero-order chi connectivity index (χ0) is 27.9. The van der Waals surface area contributed by atoms with Gasteiger partial charge in [0.25, 0.3) is 11.8 Å². The molecule has 0 radical (unpaired) electrons. The van der Waals surface area contributed by atoms with E-state index in [9.17, 15) is 24.0 Å². The number of amides is 5. The fourth-order valence-corrected chi connectivity index (χ4v) is 6.00. The normalized spacial score (nSPS) is 23.6. The van der Waals surface area contributed by atoms with Crippen molar-refractivity contribution in [2.24, 2.45) is 0 Å². The average molecular weight is 540 g/mol. The summed E-state index contributed by atoms with van der Waals surface area (Å²) in [5.41, 5.74) is 0.681. The van der Waals surface area contributed by atoms with Crippen molar-refractivity contribution in [2.45, 2.75) is 83.0 Å². The Kier molecular flexibility index (Phi) is 7.37. The Bertz CT molecular complexity index is 1180. The molecule has 1 aromatic rings. The number of piperidine rings is 3. The minimum Gasteiger partial charge on any atom is -0.444 e. The number of imide groups is 2. The molecule has 3 saturated heterocycles. The third-order valence-corrected chi connectivity index (χ3v) is 7.99. The van der Waals surface area contributed by atoms with E-state index < -0.39 is 35.3 Å². The summed E-state index contributed by atoms with van der Waals surface area (Å²) in [5.74, 6) is -2.00. The maximum atomic E-state index is 13.4. The standard InChI is InChI=1S/C28H37N5O6/c1-28(2,3)39-27(38)32-15-11-18(12-16-32)31-13-9-17(10-14-31)29-20-6-4-5-19-23(20)26(37)33(25(19)36)21-7-8-22(34)30-24(21)35/h4-6,17-18,21,29H,7-16H2,1-3H3,(H,30,34,35). The molecule has 0 saturated carbocycles. The summed E-state index contributed by atoms with van der Waals surface area (Å²) in [6, 6.07) is 4.74. The molecule has 11 nitrogen and oxygen atoms in total. The number of carbonyl (C=O) groups excluding carboxylic acids is 5. The molecule has 4 aliphatic heterocycles. The number of fused-ring (bicyclic) bond motifs is 1. The molecule has 5 amide bonds. The van der Waals surface area contributed by atoms with E-state index in [1.54, 1.807) is 23.1 Å². The fraction of sp³-hybridized carbons (Fsp3) is 0.607. The lowest BCUT2D eigenvalue weighted by molar-refractivity contribution is -0.136. The van der Waals surface area contributed by atoms with Crippen LogP contribution in [0.15, 0.2) is 18.2 Å². The van der Waals surface area contributed by atoms with Crippen LogP contribution in [0.2, 0.25) is 0 Å². The van der Waals surface area contributed by atoms with Crippen molar-refractivity contribution in [1.82, 2.24) is 20.0 Å². The van der Waals surface area contributed by atoms with E-state index >= 15 is 0 Å². The number of hydrogen-bond acceptors (Lipinski definition) is 8. The number of anilines is 1. The highest BCUT2D eigenvalue weighted by atomic mass is 16.6. The monoisotopic (exact) mass is 539 g/mol. The summed E-state index contributed by atoms with van der Waals surface area (Å²) >= 11 is 0. The van der Waals surface area contributed by atoms with E-state index in [2.05, 4.69) is 15.5 Å². The van der Waals surface area contributed by atoms with E-state index in [4.69, 9.17) is 4.74 Å². The van der Waals surface area contributed by atoms with Crippen molar-refractivity contribution >= 4 is 35.4 Å². The number of rotatable bonds is 4. The van der Waals surface area contributed by atoms with Gasteiger partial charge in [-0.05, 0) is 65.0 Å². The highest BCUT2D eigenvalue weighted by Gasteiger charge is 2.45. The van der Waals surface area contributed by atoms with E-state index in [1.165, 1.54) is 0 Å². The third-order valence-electron chi connectivity index (χ3n) is 7.99. The van der Waals surface area contributed by atoms with Gasteiger partial charge in [0.05, 0.1) is 11.1 Å². The Morgan fingerprint density at radius 3 is 2.28 bits per heavy atom. The second-order valence-corrected chi connectivity index (χ2v) is 11.8. The van der Waals surface area contributed by atoms with Crippen molar-refractivity contribution in [3.63, 3.8) is 0 Å². The van der Waals surface area contributed by atoms with E-state index in [1.807, 2.05) is 20.8 Å². The van der Waals surface area contributed by atoms with Crippen LogP contribution in [0, 0.1) is 0 Å². The number of nitrogens with one attached hydrogen (secondary N) is 2. The van der Waals surface area contributed by atoms with Gasteiger partial charge in [-0.1, -0.05) is 6.07 Å². The molecule has 5 rings (SSSR count). The second kappa shape index (κ2) is 10.6. The van der Waals surface area contributed by atoms with Crippen molar-refractivity contribution in [1.29, 1.82) is 0 Å². The number of carbonyl (C=O) groups is 5. The van der Waals surface area contributed by atoms with Crippen LogP contribution in [-0.2, 0) is 14.3 Å². The SMILES string of the molecule is CC(C)(C)OC(=O)N1CCC(N2CCC(Nc3cccc4c3C(=O)N(C3CCC(=O)NC3=O)C4=O)CC2)CC1. The van der Waals surface area contributed by atoms with Crippen molar-refractivity contribution in [2.75, 3.05) is 31.5 Å². The molecule has 11 heteroatoms. The topological polar surface area (TPSA) is 128 Å². The number of hydrogen-bond donors (Lipinski definition) is 2. The highest BCUT2D eigenvalue weighted by Crippen LogP contribution is 2.33. The van der Waals surface area contributed by atoms with Crippen LogP contribution < -0.4 is 10.6 Å². The lowest BCUT2D eigenvalue weighted by atomic mass is 9.97. The Balaban J connectivity index is 1.16. The van der Waals surface area contributed by atoms with Gasteiger partial charge in [0.2, 0.25) is 11.8 Å². The van der Waals surface area contributed by atoms with Gasteiger partial charge in [-0.15, -0.1) is 0 Å². The van der Waals surface area contributed by atoms with Crippen LogP contribution in [0.1, 0.15) is 80.0 Å². The van der Waals surface area contributed by atoms with Gasteiger partial charge in [-0.3, -0.25) is 29.4 Å². The molecule has 2 N–H and O–H groups in total. The highest BCUT2D eigenvalue weighted by molar-refractivity contribution is 6.25. The minimum atomic E-state index is -0.979. The van der Waals surface area contributed by atoms with E-state index in [0.29, 0.717) is 30.4 Å². The van der Waals surface area contributed by atoms with Crippen molar-refractivity contribution < 1.29 is 28.7 Å². The maximum absolute atomic E-state index is 13.4. The van der Waals surface area contributed by atoms with Gasteiger partial charge < -0.3 is 19.9 Å². The van der Waals surface area contributed by atoms with Crippen LogP contribution in [-0.4, -0.2) is 94.3 Å². The lowest BCUT2D eigenvalue weighted by Crippen LogP contribution is -2.54. The first kappa shape index (κ1) is 27.1. The zero-order valence-corrected chi connectivity index (χ0v) is 22.8. The molecule has 0 bridgehead atoms. The number of ether oxygens (including phenoxy) is 1. The smallest absolute Gasteiger partial charge is 0.410 e. The fourth-order valence-electron chi connectivity index (χ4n) is 6.00. The lowest BCUT2D eigenvalue weighted by Gasteiger charge is -2.42. The van der Waals surface area contributed by atoms with E-state index in [-0.39, 0.29) is 30.5 Å². The molecule has 4 heterocycles. The molecular weight excluding hydrogens is 502 g/mol. The maximum Gasteiger partial charge on any atom is 0.410 e. The zero-order valence-electron chi connectivity index (χ0n) is 22.8. The van der Waals surface area contributed by atoms with Gasteiger partial charge in [0.15, 0.2) is 0 Å². The Labute approximate surface area is 228 Å². The number of nitrogens with zero attached hydrogens (tertiary/aromatic N) is 3. The Morgan fingerprint density at radius 2 is 1.64 bits per heavy atom. The minimum absolute atomic E-state index is 0.0908. The molecule has 4 aliphatic rings. The molecule has 1 unspecified atom stereocenters. The van der Waals surface area contributed by atoms with Gasteiger partial charge in [0.1, 0.15) is 11.6 Å².